The van der Waals surface area contributed by atoms with Gasteiger partial charge in [-0.3, -0.25) is 4.90 Å². The molecule has 0 amide bonds. The molecular weight excluding hydrogens is 318 g/mol. The van der Waals surface area contributed by atoms with Crippen molar-refractivity contribution in [3.8, 4) is 0 Å². The topological polar surface area (TPSA) is 27.7 Å². The van der Waals surface area contributed by atoms with Crippen molar-refractivity contribution >= 4 is 17.3 Å². The normalized spacial score (nSPS) is 21.6. The summed E-state index contributed by atoms with van der Waals surface area (Å²) in [6, 6.07) is 0. The summed E-state index contributed by atoms with van der Waals surface area (Å²) >= 11 is 5.71. The molecule has 0 aromatic carbocycles. The van der Waals surface area contributed by atoms with E-state index in [9.17, 15) is 0 Å². The lowest BCUT2D eigenvalue weighted by atomic mass is 9.94. The van der Waals surface area contributed by atoms with Crippen molar-refractivity contribution in [2.75, 3.05) is 52.5 Å². The number of morpholine rings is 1. The van der Waals surface area contributed by atoms with Gasteiger partial charge in [-0.15, -0.1) is 0 Å². The van der Waals surface area contributed by atoms with Crippen LogP contribution in [0.3, 0.4) is 0 Å². The van der Waals surface area contributed by atoms with E-state index >= 15 is 0 Å². The second-order valence-electron chi connectivity index (χ2n) is 6.99. The minimum absolute atomic E-state index is 0.745. The van der Waals surface area contributed by atoms with Gasteiger partial charge in [0.25, 0.3) is 0 Å². The number of thiocarbonyl (C=S) groups is 1. The number of hydrogen-bond acceptors (Lipinski definition) is 3. The first-order valence-electron chi connectivity index (χ1n) is 9.77. The third kappa shape index (κ3) is 7.49. The van der Waals surface area contributed by atoms with E-state index in [2.05, 4.69) is 34.2 Å². The van der Waals surface area contributed by atoms with Crippen LogP contribution in [0.2, 0.25) is 0 Å². The molecule has 1 saturated heterocycles. The van der Waals surface area contributed by atoms with E-state index in [1.54, 1.807) is 0 Å². The molecule has 1 heterocycles. The SMILES string of the molecule is CCCCCNC(=S)N(CCN1CCOCC1)CC1CC=CCC1. The molecule has 0 spiro atoms. The number of allylic oxidation sites excluding steroid dienone is 2. The maximum Gasteiger partial charge on any atom is 0.168 e. The van der Waals surface area contributed by atoms with Gasteiger partial charge in [0.15, 0.2) is 5.11 Å². The van der Waals surface area contributed by atoms with Gasteiger partial charge >= 0.3 is 0 Å². The zero-order valence-corrected chi connectivity index (χ0v) is 16.2. The monoisotopic (exact) mass is 353 g/mol. The van der Waals surface area contributed by atoms with Gasteiger partial charge in [-0.25, -0.2) is 0 Å². The minimum Gasteiger partial charge on any atom is -0.379 e. The number of ether oxygens (including phenoxy) is 1. The van der Waals surface area contributed by atoms with Crippen molar-refractivity contribution in [1.82, 2.24) is 15.1 Å². The fraction of sp³-hybridized carbons (Fsp3) is 0.842. The highest BCUT2D eigenvalue weighted by atomic mass is 32.1. The lowest BCUT2D eigenvalue weighted by molar-refractivity contribution is 0.0355. The third-order valence-corrected chi connectivity index (χ3v) is 5.39. The van der Waals surface area contributed by atoms with Crippen LogP contribution in [0.4, 0.5) is 0 Å². The first-order valence-corrected chi connectivity index (χ1v) is 10.2. The van der Waals surface area contributed by atoms with Gasteiger partial charge in [0, 0.05) is 39.3 Å². The largest absolute Gasteiger partial charge is 0.379 e. The van der Waals surface area contributed by atoms with E-state index in [1.807, 2.05) is 0 Å². The molecule has 1 unspecified atom stereocenters. The molecule has 0 aromatic rings. The molecule has 1 aliphatic heterocycles. The molecule has 24 heavy (non-hydrogen) atoms. The molecule has 1 N–H and O–H groups in total. The highest BCUT2D eigenvalue weighted by molar-refractivity contribution is 7.80. The summed E-state index contributed by atoms with van der Waals surface area (Å²) in [7, 11) is 0. The van der Waals surface area contributed by atoms with Gasteiger partial charge < -0.3 is 15.0 Å². The zero-order valence-electron chi connectivity index (χ0n) is 15.3. The number of rotatable bonds is 9. The molecular formula is C19H35N3OS. The van der Waals surface area contributed by atoms with Crippen LogP contribution in [0.15, 0.2) is 12.2 Å². The zero-order chi connectivity index (χ0) is 17.0. The van der Waals surface area contributed by atoms with Crippen molar-refractivity contribution in [3.63, 3.8) is 0 Å². The van der Waals surface area contributed by atoms with Crippen molar-refractivity contribution < 1.29 is 4.74 Å². The first-order chi connectivity index (χ1) is 11.8. The van der Waals surface area contributed by atoms with Gasteiger partial charge in [0.1, 0.15) is 0 Å². The quantitative estimate of drug-likeness (QED) is 0.391. The average molecular weight is 354 g/mol. The lowest BCUT2D eigenvalue weighted by Gasteiger charge is -2.34. The Morgan fingerprint density at radius 1 is 1.29 bits per heavy atom. The molecule has 1 atom stereocenters. The van der Waals surface area contributed by atoms with E-state index in [1.165, 1.54) is 38.5 Å². The predicted octanol–water partition coefficient (Wildman–Crippen LogP) is 3.04. The Morgan fingerprint density at radius 3 is 2.83 bits per heavy atom. The Kier molecular flexibility index (Phi) is 9.69. The van der Waals surface area contributed by atoms with Gasteiger partial charge in [0.05, 0.1) is 13.2 Å². The van der Waals surface area contributed by atoms with Crippen molar-refractivity contribution in [3.05, 3.63) is 12.2 Å². The average Bonchev–Trinajstić information content (AvgIpc) is 2.64. The van der Waals surface area contributed by atoms with Crippen LogP contribution in [0.1, 0.15) is 45.4 Å². The second kappa shape index (κ2) is 11.8. The molecule has 4 nitrogen and oxygen atoms in total. The van der Waals surface area contributed by atoms with Crippen LogP contribution in [0.25, 0.3) is 0 Å². The van der Waals surface area contributed by atoms with Crippen LogP contribution in [-0.2, 0) is 4.74 Å². The number of nitrogens with zero attached hydrogens (tertiary/aromatic N) is 2. The fourth-order valence-electron chi connectivity index (χ4n) is 3.38. The molecule has 2 aliphatic rings. The Labute approximate surface area is 153 Å². The van der Waals surface area contributed by atoms with E-state index in [0.29, 0.717) is 0 Å². The summed E-state index contributed by atoms with van der Waals surface area (Å²) in [4.78, 5) is 4.91. The summed E-state index contributed by atoms with van der Waals surface area (Å²) < 4.78 is 5.45. The number of nitrogens with one attached hydrogen (secondary N) is 1. The molecule has 0 aromatic heterocycles. The summed E-state index contributed by atoms with van der Waals surface area (Å²) in [6.45, 7) is 10.3. The van der Waals surface area contributed by atoms with E-state index < -0.39 is 0 Å². The van der Waals surface area contributed by atoms with Crippen molar-refractivity contribution in [2.45, 2.75) is 45.4 Å². The molecule has 0 radical (unpaired) electrons. The van der Waals surface area contributed by atoms with E-state index in [4.69, 9.17) is 17.0 Å². The van der Waals surface area contributed by atoms with E-state index in [-0.39, 0.29) is 0 Å². The van der Waals surface area contributed by atoms with Gasteiger partial charge in [-0.05, 0) is 43.8 Å². The molecule has 0 bridgehead atoms. The molecule has 2 rings (SSSR count). The third-order valence-electron chi connectivity index (χ3n) is 4.99. The molecule has 5 heteroatoms. The van der Waals surface area contributed by atoms with Gasteiger partial charge in [-0.2, -0.15) is 0 Å². The lowest BCUT2D eigenvalue weighted by Crippen LogP contribution is -2.47. The second-order valence-corrected chi connectivity index (χ2v) is 7.38. The number of hydrogen-bond donors (Lipinski definition) is 1. The minimum atomic E-state index is 0.745. The molecule has 1 fully saturated rings. The highest BCUT2D eigenvalue weighted by Gasteiger charge is 2.19. The smallest absolute Gasteiger partial charge is 0.168 e. The van der Waals surface area contributed by atoms with Gasteiger partial charge in [-0.1, -0.05) is 31.9 Å². The molecule has 1 aliphatic carbocycles. The summed E-state index contributed by atoms with van der Waals surface area (Å²) in [5, 5.41) is 4.44. The standard InChI is InChI=1S/C19H35N3OS/c1-2-3-7-10-20-19(24)22(17-18-8-5-4-6-9-18)12-11-21-13-15-23-16-14-21/h4-5,18H,2-3,6-17H2,1H3,(H,20,24). The Hall–Kier alpha value is -0.650. The van der Waals surface area contributed by atoms with Crippen LogP contribution in [0.5, 0.6) is 0 Å². The Bertz CT molecular complexity index is 383. The maximum atomic E-state index is 5.71. The fourth-order valence-corrected chi connectivity index (χ4v) is 3.65. The predicted molar refractivity (Wildman–Crippen MR) is 105 cm³/mol. The number of unbranched alkanes of at least 4 members (excludes halogenated alkanes) is 2. The van der Waals surface area contributed by atoms with Gasteiger partial charge in [0.2, 0.25) is 0 Å². The maximum absolute atomic E-state index is 5.71. The van der Waals surface area contributed by atoms with Crippen LogP contribution in [0, 0.1) is 5.92 Å². The Balaban J connectivity index is 1.79. The Morgan fingerprint density at radius 2 is 2.12 bits per heavy atom. The van der Waals surface area contributed by atoms with E-state index in [0.717, 1.165) is 63.5 Å². The van der Waals surface area contributed by atoms with Crippen LogP contribution >= 0.6 is 12.2 Å². The molecule has 138 valence electrons. The highest BCUT2D eigenvalue weighted by Crippen LogP contribution is 2.19. The van der Waals surface area contributed by atoms with Crippen molar-refractivity contribution in [2.24, 2.45) is 5.92 Å². The summed E-state index contributed by atoms with van der Waals surface area (Å²) in [5.74, 6) is 0.745. The molecule has 0 saturated carbocycles. The summed E-state index contributed by atoms with van der Waals surface area (Å²) in [6.07, 6.45) is 12.1. The summed E-state index contributed by atoms with van der Waals surface area (Å²) in [5.41, 5.74) is 0. The van der Waals surface area contributed by atoms with Crippen LogP contribution < -0.4 is 5.32 Å². The first kappa shape index (κ1) is 19.7. The van der Waals surface area contributed by atoms with Crippen molar-refractivity contribution in [1.29, 1.82) is 0 Å². The van der Waals surface area contributed by atoms with Crippen LogP contribution in [-0.4, -0.2) is 67.4 Å².